The predicted molar refractivity (Wildman–Crippen MR) is 53.3 cm³/mol. The maximum absolute atomic E-state index is 10.6. The monoisotopic (exact) mass is 214 g/mol. The summed E-state index contributed by atoms with van der Waals surface area (Å²) in [4.78, 5) is 10.6. The van der Waals surface area contributed by atoms with Gasteiger partial charge in [-0.3, -0.25) is 4.79 Å². The van der Waals surface area contributed by atoms with Gasteiger partial charge < -0.3 is 14.2 Å². The lowest BCUT2D eigenvalue weighted by molar-refractivity contribution is -0.192. The predicted octanol–water partition coefficient (Wildman–Crippen LogP) is 1.63. The van der Waals surface area contributed by atoms with E-state index in [9.17, 15) is 4.79 Å². The summed E-state index contributed by atoms with van der Waals surface area (Å²) in [6, 6.07) is 0. The summed E-state index contributed by atoms with van der Waals surface area (Å²) >= 11 is 0. The lowest BCUT2D eigenvalue weighted by atomic mass is 9.94. The van der Waals surface area contributed by atoms with E-state index in [4.69, 9.17) is 14.2 Å². The Morgan fingerprint density at radius 3 is 2.80 bits per heavy atom. The SMILES string of the molecule is CC(=O)OC[C@H]1COC2(CCCCC2)O1. The molecule has 0 radical (unpaired) electrons. The van der Waals surface area contributed by atoms with Gasteiger partial charge >= 0.3 is 5.97 Å². The summed E-state index contributed by atoms with van der Waals surface area (Å²) in [7, 11) is 0. The van der Waals surface area contributed by atoms with E-state index in [0.29, 0.717) is 13.2 Å². The van der Waals surface area contributed by atoms with Crippen LogP contribution in [-0.4, -0.2) is 31.1 Å². The van der Waals surface area contributed by atoms with Gasteiger partial charge in [-0.1, -0.05) is 6.42 Å². The van der Waals surface area contributed by atoms with Crippen LogP contribution in [0.4, 0.5) is 0 Å². The quantitative estimate of drug-likeness (QED) is 0.655. The van der Waals surface area contributed by atoms with Crippen molar-refractivity contribution in [2.75, 3.05) is 13.2 Å². The molecule has 86 valence electrons. The lowest BCUT2D eigenvalue weighted by Crippen LogP contribution is -2.34. The molecule has 1 atom stereocenters. The Hall–Kier alpha value is -0.610. The van der Waals surface area contributed by atoms with Crippen molar-refractivity contribution in [3.05, 3.63) is 0 Å². The zero-order chi connectivity index (χ0) is 10.7. The highest BCUT2D eigenvalue weighted by Crippen LogP contribution is 2.37. The Labute approximate surface area is 89.9 Å². The first-order valence-electron chi connectivity index (χ1n) is 5.65. The van der Waals surface area contributed by atoms with Crippen LogP contribution >= 0.6 is 0 Å². The van der Waals surface area contributed by atoms with E-state index >= 15 is 0 Å². The molecular weight excluding hydrogens is 196 g/mol. The van der Waals surface area contributed by atoms with E-state index in [2.05, 4.69) is 0 Å². The smallest absolute Gasteiger partial charge is 0.302 e. The van der Waals surface area contributed by atoms with Crippen LogP contribution in [0.15, 0.2) is 0 Å². The largest absolute Gasteiger partial charge is 0.463 e. The molecule has 1 heterocycles. The molecule has 0 bridgehead atoms. The van der Waals surface area contributed by atoms with Gasteiger partial charge in [0.25, 0.3) is 0 Å². The zero-order valence-electron chi connectivity index (χ0n) is 9.16. The topological polar surface area (TPSA) is 44.8 Å². The summed E-state index contributed by atoms with van der Waals surface area (Å²) in [6.45, 7) is 2.27. The molecule has 15 heavy (non-hydrogen) atoms. The van der Waals surface area contributed by atoms with Crippen molar-refractivity contribution < 1.29 is 19.0 Å². The third kappa shape index (κ3) is 2.69. The van der Waals surface area contributed by atoms with Crippen molar-refractivity contribution >= 4 is 5.97 Å². The van der Waals surface area contributed by atoms with Gasteiger partial charge in [0.1, 0.15) is 12.7 Å². The summed E-state index contributed by atoms with van der Waals surface area (Å²) in [5.74, 6) is -0.619. The molecule has 1 spiro atoms. The van der Waals surface area contributed by atoms with Gasteiger partial charge in [0.2, 0.25) is 0 Å². The molecule has 1 aliphatic carbocycles. The first kappa shape index (κ1) is 10.9. The van der Waals surface area contributed by atoms with Crippen molar-refractivity contribution in [3.8, 4) is 0 Å². The van der Waals surface area contributed by atoms with Crippen molar-refractivity contribution in [2.45, 2.75) is 50.9 Å². The molecule has 1 saturated heterocycles. The normalized spacial score (nSPS) is 29.3. The first-order chi connectivity index (χ1) is 7.20. The van der Waals surface area contributed by atoms with Gasteiger partial charge in [-0.25, -0.2) is 0 Å². The van der Waals surface area contributed by atoms with Crippen molar-refractivity contribution in [3.63, 3.8) is 0 Å². The number of carbonyl (C=O) groups is 1. The fourth-order valence-corrected chi connectivity index (χ4v) is 2.26. The van der Waals surface area contributed by atoms with Crippen molar-refractivity contribution in [2.24, 2.45) is 0 Å². The highest BCUT2D eigenvalue weighted by molar-refractivity contribution is 5.65. The summed E-state index contributed by atoms with van der Waals surface area (Å²) < 4.78 is 16.5. The van der Waals surface area contributed by atoms with E-state index in [1.807, 2.05) is 0 Å². The molecule has 4 nitrogen and oxygen atoms in total. The molecule has 0 aromatic rings. The summed E-state index contributed by atoms with van der Waals surface area (Å²) in [5, 5.41) is 0. The van der Waals surface area contributed by atoms with Gasteiger partial charge in [0, 0.05) is 19.8 Å². The Morgan fingerprint density at radius 1 is 1.40 bits per heavy atom. The number of hydrogen-bond acceptors (Lipinski definition) is 4. The Morgan fingerprint density at radius 2 is 2.13 bits per heavy atom. The highest BCUT2D eigenvalue weighted by Gasteiger charge is 2.42. The molecule has 0 aromatic heterocycles. The fraction of sp³-hybridized carbons (Fsp3) is 0.909. The average molecular weight is 214 g/mol. The van der Waals surface area contributed by atoms with Crippen LogP contribution in [0.5, 0.6) is 0 Å². The van der Waals surface area contributed by atoms with Crippen LogP contribution < -0.4 is 0 Å². The second kappa shape index (κ2) is 4.49. The highest BCUT2D eigenvalue weighted by atomic mass is 16.8. The number of rotatable bonds is 2. The fourth-order valence-electron chi connectivity index (χ4n) is 2.26. The lowest BCUT2D eigenvalue weighted by Gasteiger charge is -2.31. The van der Waals surface area contributed by atoms with Crippen molar-refractivity contribution in [1.82, 2.24) is 0 Å². The van der Waals surface area contributed by atoms with Gasteiger partial charge in [-0.15, -0.1) is 0 Å². The van der Waals surface area contributed by atoms with Crippen molar-refractivity contribution in [1.29, 1.82) is 0 Å². The van der Waals surface area contributed by atoms with E-state index in [0.717, 1.165) is 12.8 Å². The number of ether oxygens (including phenoxy) is 3. The van der Waals surface area contributed by atoms with E-state index in [1.54, 1.807) is 0 Å². The molecule has 2 rings (SSSR count). The molecule has 2 fully saturated rings. The molecule has 0 aromatic carbocycles. The minimum Gasteiger partial charge on any atom is -0.463 e. The Balaban J connectivity index is 1.80. The van der Waals surface area contributed by atoms with Crippen LogP contribution in [0, 0.1) is 0 Å². The molecule has 2 aliphatic rings. The molecule has 0 N–H and O–H groups in total. The molecule has 0 amide bonds. The standard InChI is InChI=1S/C11H18O4/c1-9(12)13-7-10-8-14-11(15-10)5-3-2-4-6-11/h10H,2-8H2,1H3/t10-/m0/s1. The van der Waals surface area contributed by atoms with Crippen LogP contribution in [0.2, 0.25) is 0 Å². The zero-order valence-corrected chi connectivity index (χ0v) is 9.16. The molecular formula is C11H18O4. The van der Waals surface area contributed by atoms with E-state index < -0.39 is 0 Å². The number of carbonyl (C=O) groups excluding carboxylic acids is 1. The summed E-state index contributed by atoms with van der Waals surface area (Å²) in [6.07, 6.45) is 5.48. The minimum absolute atomic E-state index is 0.0769. The van der Waals surface area contributed by atoms with Crippen LogP contribution in [0.1, 0.15) is 39.0 Å². The van der Waals surface area contributed by atoms with Gasteiger partial charge in [-0.05, 0) is 12.8 Å². The van der Waals surface area contributed by atoms with Crippen LogP contribution in [0.3, 0.4) is 0 Å². The second-order valence-corrected chi connectivity index (χ2v) is 4.32. The first-order valence-corrected chi connectivity index (χ1v) is 5.65. The average Bonchev–Trinajstić information content (AvgIpc) is 2.60. The van der Waals surface area contributed by atoms with E-state index in [-0.39, 0.29) is 17.9 Å². The molecule has 4 heteroatoms. The minimum atomic E-state index is -0.358. The maximum atomic E-state index is 10.6. The number of esters is 1. The van der Waals surface area contributed by atoms with Gasteiger partial charge in [-0.2, -0.15) is 0 Å². The van der Waals surface area contributed by atoms with Crippen LogP contribution in [0.25, 0.3) is 0 Å². The maximum Gasteiger partial charge on any atom is 0.302 e. The summed E-state index contributed by atoms with van der Waals surface area (Å²) in [5.41, 5.74) is 0. The Bertz CT molecular complexity index is 233. The third-order valence-electron chi connectivity index (χ3n) is 3.00. The molecule has 0 unspecified atom stereocenters. The van der Waals surface area contributed by atoms with Gasteiger partial charge in [0.15, 0.2) is 5.79 Å². The third-order valence-corrected chi connectivity index (χ3v) is 3.00. The Kier molecular flexibility index (Phi) is 3.26. The molecule has 1 aliphatic heterocycles. The number of hydrogen-bond donors (Lipinski definition) is 0. The molecule has 1 saturated carbocycles. The van der Waals surface area contributed by atoms with Gasteiger partial charge in [0.05, 0.1) is 6.61 Å². The second-order valence-electron chi connectivity index (χ2n) is 4.32. The van der Waals surface area contributed by atoms with Crippen LogP contribution in [-0.2, 0) is 19.0 Å². The van der Waals surface area contributed by atoms with E-state index in [1.165, 1.54) is 26.2 Å².